The average Bonchev–Trinajstić information content (AvgIpc) is 2.71. The first kappa shape index (κ1) is 13.1. The Morgan fingerprint density at radius 2 is 2.32 bits per heavy atom. The smallest absolute Gasteiger partial charge is 0.331 e. The molecular weight excluding hydrogens is 249 g/mol. The summed E-state index contributed by atoms with van der Waals surface area (Å²) in [5.41, 5.74) is 0.235. The molecule has 1 saturated heterocycles. The maximum atomic E-state index is 13.2. The van der Waals surface area contributed by atoms with E-state index < -0.39 is 17.8 Å². The van der Waals surface area contributed by atoms with Gasteiger partial charge in [-0.25, -0.2) is 9.18 Å². The SMILES string of the molecule is C#CC1CC(=O)N(C(C(=O)O)c2cccc(F)c2)C1. The number of carboxylic acid groups (broad SMARTS) is 1. The normalized spacial score (nSPS) is 20.1. The Hall–Kier alpha value is -2.35. The van der Waals surface area contributed by atoms with Gasteiger partial charge in [-0.3, -0.25) is 4.79 Å². The van der Waals surface area contributed by atoms with Crippen molar-refractivity contribution in [1.82, 2.24) is 4.90 Å². The predicted octanol–water partition coefficient (Wildman–Crippen LogP) is 1.43. The Morgan fingerprint density at radius 3 is 2.84 bits per heavy atom. The van der Waals surface area contributed by atoms with Crippen molar-refractivity contribution in [2.45, 2.75) is 12.5 Å². The summed E-state index contributed by atoms with van der Waals surface area (Å²) in [5.74, 6) is 0.107. The summed E-state index contributed by atoms with van der Waals surface area (Å²) in [5, 5.41) is 9.29. The molecule has 1 aliphatic rings. The van der Waals surface area contributed by atoms with Gasteiger partial charge in [-0.2, -0.15) is 0 Å². The van der Waals surface area contributed by atoms with E-state index in [2.05, 4.69) is 5.92 Å². The van der Waals surface area contributed by atoms with Crippen molar-refractivity contribution in [3.05, 3.63) is 35.6 Å². The molecule has 0 spiro atoms. The Balaban J connectivity index is 2.35. The van der Waals surface area contributed by atoms with Gasteiger partial charge in [0.15, 0.2) is 6.04 Å². The number of nitrogens with zero attached hydrogens (tertiary/aromatic N) is 1. The number of hydrogen-bond donors (Lipinski definition) is 1. The molecule has 98 valence electrons. The number of carboxylic acids is 1. The molecule has 1 aliphatic heterocycles. The van der Waals surface area contributed by atoms with E-state index in [9.17, 15) is 19.1 Å². The van der Waals surface area contributed by atoms with Gasteiger partial charge in [-0.15, -0.1) is 12.3 Å². The largest absolute Gasteiger partial charge is 0.479 e. The summed E-state index contributed by atoms with van der Waals surface area (Å²) in [6, 6.07) is 4.05. The molecular formula is C14H12FNO3. The van der Waals surface area contributed by atoms with Gasteiger partial charge in [0.05, 0.1) is 0 Å². The fraction of sp³-hybridized carbons (Fsp3) is 0.286. The second-order valence-corrected chi connectivity index (χ2v) is 4.41. The zero-order valence-electron chi connectivity index (χ0n) is 10.0. The molecule has 1 aromatic rings. The molecule has 0 saturated carbocycles. The highest BCUT2D eigenvalue weighted by Crippen LogP contribution is 2.29. The second kappa shape index (κ2) is 5.11. The van der Waals surface area contributed by atoms with E-state index in [1.165, 1.54) is 23.1 Å². The molecule has 4 nitrogen and oxygen atoms in total. The molecule has 0 aliphatic carbocycles. The van der Waals surface area contributed by atoms with Crippen molar-refractivity contribution in [2.24, 2.45) is 5.92 Å². The number of likely N-dealkylation sites (tertiary alicyclic amines) is 1. The van der Waals surface area contributed by atoms with E-state index in [1.54, 1.807) is 0 Å². The Bertz CT molecular complexity index is 564. The zero-order chi connectivity index (χ0) is 14.0. The zero-order valence-corrected chi connectivity index (χ0v) is 10.0. The molecule has 1 amide bonds. The Kier molecular flexibility index (Phi) is 3.52. The van der Waals surface area contributed by atoms with Crippen LogP contribution < -0.4 is 0 Å². The first-order chi connectivity index (χ1) is 9.02. The van der Waals surface area contributed by atoms with Crippen LogP contribution in [0.15, 0.2) is 24.3 Å². The predicted molar refractivity (Wildman–Crippen MR) is 65.4 cm³/mol. The molecule has 0 radical (unpaired) electrons. The molecule has 1 N–H and O–H groups in total. The number of aliphatic carboxylic acids is 1. The minimum Gasteiger partial charge on any atom is -0.479 e. The van der Waals surface area contributed by atoms with Gasteiger partial charge in [0.2, 0.25) is 5.91 Å². The second-order valence-electron chi connectivity index (χ2n) is 4.41. The highest BCUT2D eigenvalue weighted by atomic mass is 19.1. The summed E-state index contributed by atoms with van der Waals surface area (Å²) in [6.45, 7) is 0.183. The molecule has 2 unspecified atom stereocenters. The topological polar surface area (TPSA) is 57.6 Å². The highest BCUT2D eigenvalue weighted by molar-refractivity contribution is 5.86. The van der Waals surface area contributed by atoms with Crippen molar-refractivity contribution in [2.75, 3.05) is 6.54 Å². The summed E-state index contributed by atoms with van der Waals surface area (Å²) < 4.78 is 13.2. The van der Waals surface area contributed by atoms with Crippen LogP contribution in [-0.2, 0) is 9.59 Å². The number of amides is 1. The van der Waals surface area contributed by atoms with Gasteiger partial charge in [-0.1, -0.05) is 12.1 Å². The molecule has 2 atom stereocenters. The lowest BCUT2D eigenvalue weighted by molar-refractivity contribution is -0.148. The first-order valence-electron chi connectivity index (χ1n) is 5.76. The van der Waals surface area contributed by atoms with Crippen molar-refractivity contribution >= 4 is 11.9 Å². The van der Waals surface area contributed by atoms with E-state index in [0.29, 0.717) is 0 Å². The number of rotatable bonds is 3. The summed E-state index contributed by atoms with van der Waals surface area (Å²) >= 11 is 0. The third kappa shape index (κ3) is 2.58. The maximum Gasteiger partial charge on any atom is 0.331 e. The quantitative estimate of drug-likeness (QED) is 0.837. The van der Waals surface area contributed by atoms with Crippen LogP contribution in [0.2, 0.25) is 0 Å². The summed E-state index contributed by atoms with van der Waals surface area (Å²) in [7, 11) is 0. The van der Waals surface area contributed by atoms with Crippen LogP contribution in [0.3, 0.4) is 0 Å². The number of hydrogen-bond acceptors (Lipinski definition) is 2. The number of carbonyl (C=O) groups excluding carboxylic acids is 1. The van der Waals surface area contributed by atoms with Crippen molar-refractivity contribution in [1.29, 1.82) is 0 Å². The monoisotopic (exact) mass is 261 g/mol. The van der Waals surface area contributed by atoms with Crippen molar-refractivity contribution in [3.8, 4) is 12.3 Å². The Labute approximate surface area is 109 Å². The van der Waals surface area contributed by atoms with Crippen molar-refractivity contribution < 1.29 is 19.1 Å². The Morgan fingerprint density at radius 1 is 1.58 bits per heavy atom. The fourth-order valence-corrected chi connectivity index (χ4v) is 2.23. The van der Waals surface area contributed by atoms with Crippen LogP contribution in [0.5, 0.6) is 0 Å². The lowest BCUT2D eigenvalue weighted by Crippen LogP contribution is -2.35. The van der Waals surface area contributed by atoms with Crippen LogP contribution in [0.1, 0.15) is 18.0 Å². The van der Waals surface area contributed by atoms with Crippen LogP contribution in [0, 0.1) is 24.1 Å². The molecule has 1 heterocycles. The van der Waals surface area contributed by atoms with Crippen LogP contribution >= 0.6 is 0 Å². The standard InChI is InChI=1S/C14H12FNO3/c1-2-9-6-12(17)16(8-9)13(14(18)19)10-4-3-5-11(15)7-10/h1,3-5,7,9,13H,6,8H2,(H,18,19). The van der Waals surface area contributed by atoms with Crippen LogP contribution in [-0.4, -0.2) is 28.4 Å². The van der Waals surface area contributed by atoms with E-state index in [0.717, 1.165) is 6.07 Å². The minimum atomic E-state index is -1.20. The molecule has 1 fully saturated rings. The first-order valence-corrected chi connectivity index (χ1v) is 5.76. The van der Waals surface area contributed by atoms with E-state index >= 15 is 0 Å². The van der Waals surface area contributed by atoms with Gasteiger partial charge in [0, 0.05) is 18.9 Å². The molecule has 0 bridgehead atoms. The molecule has 19 heavy (non-hydrogen) atoms. The number of terminal acetylenes is 1. The highest BCUT2D eigenvalue weighted by Gasteiger charge is 2.38. The minimum absolute atomic E-state index is 0.135. The molecule has 2 rings (SSSR count). The van der Waals surface area contributed by atoms with Crippen LogP contribution in [0.25, 0.3) is 0 Å². The van der Waals surface area contributed by atoms with Gasteiger partial charge in [-0.05, 0) is 17.7 Å². The fourth-order valence-electron chi connectivity index (χ4n) is 2.23. The molecule has 0 aromatic heterocycles. The van der Waals surface area contributed by atoms with Gasteiger partial charge < -0.3 is 10.0 Å². The van der Waals surface area contributed by atoms with Crippen LogP contribution in [0.4, 0.5) is 4.39 Å². The summed E-state index contributed by atoms with van der Waals surface area (Å²) in [4.78, 5) is 24.4. The van der Waals surface area contributed by atoms with E-state index in [4.69, 9.17) is 6.42 Å². The lowest BCUT2D eigenvalue weighted by Gasteiger charge is -2.24. The van der Waals surface area contributed by atoms with E-state index in [1.807, 2.05) is 0 Å². The number of halogens is 1. The third-order valence-corrected chi connectivity index (χ3v) is 3.10. The molecule has 1 aromatic carbocycles. The average molecular weight is 261 g/mol. The maximum absolute atomic E-state index is 13.2. The van der Waals surface area contributed by atoms with Crippen molar-refractivity contribution in [3.63, 3.8) is 0 Å². The van der Waals surface area contributed by atoms with Gasteiger partial charge in [0.25, 0.3) is 0 Å². The summed E-state index contributed by atoms with van der Waals surface area (Å²) in [6.07, 6.45) is 5.40. The van der Waals surface area contributed by atoms with Gasteiger partial charge in [0.1, 0.15) is 5.82 Å². The van der Waals surface area contributed by atoms with Gasteiger partial charge >= 0.3 is 5.97 Å². The molecule has 5 heteroatoms. The number of benzene rings is 1. The third-order valence-electron chi connectivity index (χ3n) is 3.10. The van der Waals surface area contributed by atoms with E-state index in [-0.39, 0.29) is 30.4 Å². The number of carbonyl (C=O) groups is 2. The lowest BCUT2D eigenvalue weighted by atomic mass is 10.1.